The molecule has 0 bridgehead atoms. The largest absolute Gasteiger partial charge is 0.493 e. The van der Waals surface area contributed by atoms with Gasteiger partial charge < -0.3 is 18.8 Å². The lowest BCUT2D eigenvalue weighted by atomic mass is 10.1. The number of halogens is 2. The van der Waals surface area contributed by atoms with Gasteiger partial charge in [0.1, 0.15) is 0 Å². The van der Waals surface area contributed by atoms with E-state index in [4.69, 9.17) is 14.2 Å². The van der Waals surface area contributed by atoms with E-state index in [-0.39, 0.29) is 0 Å². The summed E-state index contributed by atoms with van der Waals surface area (Å²) >= 11 is 7.24. The molecule has 0 amide bonds. The van der Waals surface area contributed by atoms with Crippen LogP contribution in [0.25, 0.3) is 23.1 Å². The molecule has 0 saturated carbocycles. The monoisotopic (exact) mass is 479 g/mol. The van der Waals surface area contributed by atoms with Crippen molar-refractivity contribution >= 4 is 54.9 Å². The van der Waals surface area contributed by atoms with Gasteiger partial charge in [-0.2, -0.15) is 0 Å². The number of rotatable bonds is 5. The zero-order chi connectivity index (χ0) is 18.8. The average molecular weight is 481 g/mol. The first-order valence-electron chi connectivity index (χ1n) is 7.91. The van der Waals surface area contributed by atoms with Crippen LogP contribution in [0.3, 0.4) is 0 Å². The van der Waals surface area contributed by atoms with Gasteiger partial charge in [-0.15, -0.1) is 0 Å². The molecular formula is C20H19Br2NO3. The Morgan fingerprint density at radius 1 is 0.846 bits per heavy atom. The summed E-state index contributed by atoms with van der Waals surface area (Å²) in [5.74, 6) is 1.86. The summed E-state index contributed by atoms with van der Waals surface area (Å²) in [6, 6.07) is 10.2. The smallest absolute Gasteiger partial charge is 0.203 e. The van der Waals surface area contributed by atoms with E-state index < -0.39 is 0 Å². The Balaban J connectivity index is 2.00. The lowest BCUT2D eigenvalue weighted by Crippen LogP contribution is -1.95. The van der Waals surface area contributed by atoms with E-state index in [2.05, 4.69) is 60.7 Å². The van der Waals surface area contributed by atoms with Gasteiger partial charge in [-0.1, -0.05) is 18.2 Å². The molecule has 0 fully saturated rings. The van der Waals surface area contributed by atoms with Crippen molar-refractivity contribution < 1.29 is 14.2 Å². The zero-order valence-corrected chi connectivity index (χ0v) is 18.1. The SMILES string of the molecule is COc1cc(/C=C\c2ccc3c(c2)c(Br)c(Br)n3C)cc(OC)c1OC. The molecule has 6 heteroatoms. The summed E-state index contributed by atoms with van der Waals surface area (Å²) in [6.07, 6.45) is 4.09. The normalized spacial score (nSPS) is 11.3. The number of aromatic nitrogens is 1. The van der Waals surface area contributed by atoms with E-state index in [0.29, 0.717) is 17.2 Å². The van der Waals surface area contributed by atoms with Crippen LogP contribution < -0.4 is 14.2 Å². The molecule has 4 nitrogen and oxygen atoms in total. The molecule has 0 radical (unpaired) electrons. The van der Waals surface area contributed by atoms with Gasteiger partial charge in [0.05, 0.1) is 30.4 Å². The molecule has 1 heterocycles. The second-order valence-electron chi connectivity index (χ2n) is 5.73. The second kappa shape index (κ2) is 7.76. The fourth-order valence-corrected chi connectivity index (χ4v) is 3.87. The summed E-state index contributed by atoms with van der Waals surface area (Å²) in [5.41, 5.74) is 3.23. The Bertz CT molecular complexity index is 967. The molecule has 0 atom stereocenters. The Hall–Kier alpha value is -1.92. The summed E-state index contributed by atoms with van der Waals surface area (Å²) in [5, 5.41) is 1.16. The average Bonchev–Trinajstić information content (AvgIpc) is 2.89. The fourth-order valence-electron chi connectivity index (χ4n) is 2.88. The van der Waals surface area contributed by atoms with Gasteiger partial charge in [-0.25, -0.2) is 0 Å². The number of ether oxygens (including phenoxy) is 3. The standard InChI is InChI=1S/C20H19Br2NO3/c1-23-15-8-7-12(9-14(15)18(21)20(23)22)5-6-13-10-16(24-2)19(26-4)17(11-13)25-3/h5-11H,1-4H3/b6-5-. The molecule has 0 N–H and O–H groups in total. The first kappa shape index (κ1) is 18.9. The summed E-state index contributed by atoms with van der Waals surface area (Å²) in [6.45, 7) is 0. The van der Waals surface area contributed by atoms with Crippen LogP contribution in [0.5, 0.6) is 17.2 Å². The molecule has 0 aliphatic carbocycles. The minimum absolute atomic E-state index is 0.589. The highest BCUT2D eigenvalue weighted by molar-refractivity contribution is 9.13. The van der Waals surface area contributed by atoms with Gasteiger partial charge in [0.2, 0.25) is 5.75 Å². The number of hydrogen-bond acceptors (Lipinski definition) is 3. The van der Waals surface area contributed by atoms with Gasteiger partial charge in [0.15, 0.2) is 11.5 Å². The van der Waals surface area contributed by atoms with Crippen LogP contribution in [-0.2, 0) is 7.05 Å². The minimum Gasteiger partial charge on any atom is -0.493 e. The van der Waals surface area contributed by atoms with Crippen LogP contribution >= 0.6 is 31.9 Å². The number of nitrogens with zero attached hydrogens (tertiary/aromatic N) is 1. The molecular weight excluding hydrogens is 462 g/mol. The highest BCUT2D eigenvalue weighted by atomic mass is 79.9. The molecule has 3 rings (SSSR count). The third-order valence-electron chi connectivity index (χ3n) is 4.25. The Kier molecular flexibility index (Phi) is 5.63. The van der Waals surface area contributed by atoms with Crippen molar-refractivity contribution in [2.75, 3.05) is 21.3 Å². The molecule has 26 heavy (non-hydrogen) atoms. The van der Waals surface area contributed by atoms with E-state index in [1.54, 1.807) is 21.3 Å². The Morgan fingerprint density at radius 3 is 2.04 bits per heavy atom. The van der Waals surface area contributed by atoms with Crippen molar-refractivity contribution in [2.24, 2.45) is 7.05 Å². The minimum atomic E-state index is 0.589. The van der Waals surface area contributed by atoms with Crippen molar-refractivity contribution in [3.05, 3.63) is 50.5 Å². The third kappa shape index (κ3) is 3.35. The fraction of sp³-hybridized carbons (Fsp3) is 0.200. The molecule has 2 aromatic carbocycles. The van der Waals surface area contributed by atoms with Crippen LogP contribution in [0.2, 0.25) is 0 Å². The topological polar surface area (TPSA) is 32.6 Å². The summed E-state index contributed by atoms with van der Waals surface area (Å²) < 4.78 is 20.4. The highest BCUT2D eigenvalue weighted by Crippen LogP contribution is 2.39. The van der Waals surface area contributed by atoms with Gasteiger partial charge in [-0.3, -0.25) is 0 Å². The predicted molar refractivity (Wildman–Crippen MR) is 113 cm³/mol. The maximum absolute atomic E-state index is 5.41. The quantitative estimate of drug-likeness (QED) is 0.426. The molecule has 136 valence electrons. The Labute approximate surface area is 169 Å². The first-order valence-corrected chi connectivity index (χ1v) is 9.50. The van der Waals surface area contributed by atoms with Gasteiger partial charge >= 0.3 is 0 Å². The van der Waals surface area contributed by atoms with Crippen molar-refractivity contribution in [2.45, 2.75) is 0 Å². The van der Waals surface area contributed by atoms with Gasteiger partial charge in [-0.05, 0) is 67.3 Å². The van der Waals surface area contributed by atoms with Crippen molar-refractivity contribution in [1.82, 2.24) is 4.57 Å². The third-order valence-corrected chi connectivity index (χ3v) is 6.51. The molecule has 0 aliphatic rings. The lowest BCUT2D eigenvalue weighted by molar-refractivity contribution is 0.324. The molecule has 0 unspecified atom stereocenters. The van der Waals surface area contributed by atoms with Crippen LogP contribution in [0, 0.1) is 0 Å². The van der Waals surface area contributed by atoms with E-state index in [9.17, 15) is 0 Å². The first-order chi connectivity index (χ1) is 12.5. The maximum atomic E-state index is 5.41. The predicted octanol–water partition coefficient (Wildman–Crippen LogP) is 5.90. The van der Waals surface area contributed by atoms with Gasteiger partial charge in [0, 0.05) is 18.0 Å². The number of fused-ring (bicyclic) bond motifs is 1. The Morgan fingerprint density at radius 2 is 1.46 bits per heavy atom. The van der Waals surface area contributed by atoms with Crippen LogP contribution in [0.1, 0.15) is 11.1 Å². The van der Waals surface area contributed by atoms with E-state index in [1.165, 1.54) is 0 Å². The second-order valence-corrected chi connectivity index (χ2v) is 7.28. The summed E-state index contributed by atoms with van der Waals surface area (Å²) in [4.78, 5) is 0. The molecule has 0 aliphatic heterocycles. The molecule has 0 spiro atoms. The number of hydrogen-bond donors (Lipinski definition) is 0. The maximum Gasteiger partial charge on any atom is 0.203 e. The number of aryl methyl sites for hydroxylation is 1. The van der Waals surface area contributed by atoms with Crippen molar-refractivity contribution in [1.29, 1.82) is 0 Å². The van der Waals surface area contributed by atoms with Crippen LogP contribution in [-0.4, -0.2) is 25.9 Å². The van der Waals surface area contributed by atoms with E-state index in [0.717, 1.165) is 31.1 Å². The molecule has 0 saturated heterocycles. The zero-order valence-electron chi connectivity index (χ0n) is 15.0. The highest BCUT2D eigenvalue weighted by Gasteiger charge is 2.13. The van der Waals surface area contributed by atoms with E-state index in [1.807, 2.05) is 25.3 Å². The van der Waals surface area contributed by atoms with Crippen LogP contribution in [0.15, 0.2) is 39.4 Å². The van der Waals surface area contributed by atoms with Crippen molar-refractivity contribution in [3.8, 4) is 17.2 Å². The van der Waals surface area contributed by atoms with Gasteiger partial charge in [0.25, 0.3) is 0 Å². The van der Waals surface area contributed by atoms with Crippen molar-refractivity contribution in [3.63, 3.8) is 0 Å². The molecule has 1 aromatic heterocycles. The molecule has 3 aromatic rings. The van der Waals surface area contributed by atoms with Crippen LogP contribution in [0.4, 0.5) is 0 Å². The number of benzene rings is 2. The summed E-state index contributed by atoms with van der Waals surface area (Å²) in [7, 11) is 6.86. The lowest BCUT2D eigenvalue weighted by Gasteiger charge is -2.12. The van der Waals surface area contributed by atoms with E-state index >= 15 is 0 Å². The number of methoxy groups -OCH3 is 3.